The third-order valence-corrected chi connectivity index (χ3v) is 4.64. The van der Waals surface area contributed by atoms with Gasteiger partial charge in [-0.2, -0.15) is 11.8 Å². The van der Waals surface area contributed by atoms with E-state index in [1.165, 1.54) is 6.20 Å². The van der Waals surface area contributed by atoms with Crippen molar-refractivity contribution >= 4 is 35.2 Å². The first-order valence-electron chi connectivity index (χ1n) is 7.26. The fraction of sp³-hybridized carbons (Fsp3) is 0.533. The van der Waals surface area contributed by atoms with Crippen molar-refractivity contribution in [3.8, 4) is 0 Å². The van der Waals surface area contributed by atoms with Crippen molar-refractivity contribution in [2.24, 2.45) is 5.92 Å². The minimum Gasteiger partial charge on any atom is -0.352 e. The Morgan fingerprint density at radius 2 is 2.18 bits per heavy atom. The Labute approximate surface area is 139 Å². The number of hydrogen-bond donors (Lipinski definition) is 1. The number of likely N-dealkylation sites (tertiary alicyclic amines) is 1. The molecule has 0 saturated carbocycles. The summed E-state index contributed by atoms with van der Waals surface area (Å²) in [6.07, 6.45) is 6.79. The number of carbonyl (C=O) groups excluding carboxylic acids is 2. The quantitative estimate of drug-likeness (QED) is 0.890. The molecule has 1 saturated heterocycles. The van der Waals surface area contributed by atoms with Gasteiger partial charge < -0.3 is 10.2 Å². The highest BCUT2D eigenvalue weighted by molar-refractivity contribution is 7.99. The Balaban J connectivity index is 1.76. The van der Waals surface area contributed by atoms with E-state index in [1.807, 2.05) is 11.2 Å². The summed E-state index contributed by atoms with van der Waals surface area (Å²) in [7, 11) is 0. The highest BCUT2D eigenvalue weighted by Gasteiger charge is 2.23. The molecule has 22 heavy (non-hydrogen) atoms. The lowest BCUT2D eigenvalue weighted by Crippen LogP contribution is -2.42. The van der Waals surface area contributed by atoms with Gasteiger partial charge in [0.1, 0.15) is 0 Å². The first-order chi connectivity index (χ1) is 10.6. The first-order valence-corrected chi connectivity index (χ1v) is 9.03. The summed E-state index contributed by atoms with van der Waals surface area (Å²) in [6, 6.07) is 1.61. The fourth-order valence-corrected chi connectivity index (χ4v) is 3.13. The zero-order valence-corrected chi connectivity index (χ0v) is 14.1. The van der Waals surface area contributed by atoms with Gasteiger partial charge in [0, 0.05) is 32.0 Å². The largest absolute Gasteiger partial charge is 0.352 e. The van der Waals surface area contributed by atoms with Gasteiger partial charge >= 0.3 is 0 Å². The van der Waals surface area contributed by atoms with Gasteiger partial charge in [-0.15, -0.1) is 0 Å². The highest BCUT2D eigenvalue weighted by atomic mass is 35.5. The van der Waals surface area contributed by atoms with Gasteiger partial charge in [0.05, 0.1) is 16.3 Å². The van der Waals surface area contributed by atoms with E-state index < -0.39 is 0 Å². The number of piperidine rings is 1. The molecule has 2 heterocycles. The highest BCUT2D eigenvalue weighted by Crippen LogP contribution is 2.18. The van der Waals surface area contributed by atoms with E-state index in [2.05, 4.69) is 10.3 Å². The summed E-state index contributed by atoms with van der Waals surface area (Å²) in [5.41, 5.74) is 0.448. The molecule has 0 unspecified atom stereocenters. The minimum atomic E-state index is -0.173. The van der Waals surface area contributed by atoms with Crippen molar-refractivity contribution in [3.05, 3.63) is 29.0 Å². The molecule has 0 radical (unpaired) electrons. The van der Waals surface area contributed by atoms with Crippen LogP contribution in [0, 0.1) is 5.92 Å². The Morgan fingerprint density at radius 3 is 2.82 bits per heavy atom. The lowest BCUT2D eigenvalue weighted by Gasteiger charge is -2.32. The predicted octanol–water partition coefficient (Wildman–Crippen LogP) is 2.07. The summed E-state index contributed by atoms with van der Waals surface area (Å²) < 4.78 is 0. The third-order valence-electron chi connectivity index (χ3n) is 3.80. The molecule has 2 amide bonds. The molecule has 0 bridgehead atoms. The molecule has 1 N–H and O–H groups in total. The second-order valence-corrected chi connectivity index (χ2v) is 6.60. The Hall–Kier alpha value is -1.27. The molecule has 2 rings (SSSR count). The first kappa shape index (κ1) is 17.1. The lowest BCUT2D eigenvalue weighted by atomic mass is 9.96. The number of hydrogen-bond acceptors (Lipinski definition) is 4. The number of pyridine rings is 1. The average Bonchev–Trinajstić information content (AvgIpc) is 2.54. The molecule has 5 nitrogen and oxygen atoms in total. The van der Waals surface area contributed by atoms with Gasteiger partial charge in [0.15, 0.2) is 0 Å². The Kier molecular flexibility index (Phi) is 6.51. The van der Waals surface area contributed by atoms with Crippen LogP contribution in [0.2, 0.25) is 5.02 Å². The number of nitrogens with zero attached hydrogens (tertiary/aromatic N) is 2. The molecule has 1 aliphatic heterocycles. The maximum atomic E-state index is 12.1. The number of thioether (sulfide) groups is 1. The molecule has 7 heteroatoms. The van der Waals surface area contributed by atoms with Gasteiger partial charge in [-0.05, 0) is 31.1 Å². The van der Waals surface area contributed by atoms with Crippen LogP contribution >= 0.6 is 23.4 Å². The van der Waals surface area contributed by atoms with E-state index in [4.69, 9.17) is 11.6 Å². The lowest BCUT2D eigenvalue weighted by molar-refractivity contribution is -0.129. The van der Waals surface area contributed by atoms with Gasteiger partial charge in [0.2, 0.25) is 5.91 Å². The van der Waals surface area contributed by atoms with Crippen molar-refractivity contribution < 1.29 is 9.59 Å². The van der Waals surface area contributed by atoms with Crippen LogP contribution in [0.3, 0.4) is 0 Å². The molecule has 0 spiro atoms. The molecule has 0 aliphatic carbocycles. The van der Waals surface area contributed by atoms with Gasteiger partial charge in [-0.25, -0.2) is 0 Å². The molecular formula is C15H20ClN3O2S. The molecule has 1 aromatic heterocycles. The van der Waals surface area contributed by atoms with E-state index in [9.17, 15) is 9.59 Å². The SMILES string of the molecule is CSCC(=O)N1CCC(CNC(=O)c2ccncc2Cl)CC1. The van der Waals surface area contributed by atoms with Crippen molar-refractivity contribution in [1.82, 2.24) is 15.2 Å². The molecule has 1 aliphatic rings. The zero-order valence-electron chi connectivity index (χ0n) is 12.5. The average molecular weight is 342 g/mol. The molecule has 1 aromatic rings. The Bertz CT molecular complexity index is 533. The normalized spacial score (nSPS) is 15.6. The second-order valence-electron chi connectivity index (χ2n) is 5.32. The zero-order chi connectivity index (χ0) is 15.9. The van der Waals surface area contributed by atoms with Crippen molar-refractivity contribution in [2.75, 3.05) is 31.6 Å². The summed E-state index contributed by atoms with van der Waals surface area (Å²) in [5.74, 6) is 0.983. The third kappa shape index (κ3) is 4.61. The number of nitrogens with one attached hydrogen (secondary N) is 1. The predicted molar refractivity (Wildman–Crippen MR) is 89.3 cm³/mol. The van der Waals surface area contributed by atoms with Crippen molar-refractivity contribution in [1.29, 1.82) is 0 Å². The van der Waals surface area contributed by atoms with Crippen LogP contribution < -0.4 is 5.32 Å². The number of rotatable bonds is 5. The van der Waals surface area contributed by atoms with E-state index in [0.29, 0.717) is 28.8 Å². The molecule has 0 atom stereocenters. The fourth-order valence-electron chi connectivity index (χ4n) is 2.49. The van der Waals surface area contributed by atoms with Crippen LogP contribution in [0.15, 0.2) is 18.5 Å². The van der Waals surface area contributed by atoms with E-state index in [-0.39, 0.29) is 11.8 Å². The molecule has 120 valence electrons. The molecular weight excluding hydrogens is 322 g/mol. The van der Waals surface area contributed by atoms with Gasteiger partial charge in [-0.1, -0.05) is 11.6 Å². The van der Waals surface area contributed by atoms with Crippen LogP contribution in [0.25, 0.3) is 0 Å². The Morgan fingerprint density at radius 1 is 1.45 bits per heavy atom. The summed E-state index contributed by atoms with van der Waals surface area (Å²) in [6.45, 7) is 2.16. The number of halogens is 1. The second kappa shape index (κ2) is 8.39. The van der Waals surface area contributed by atoms with Crippen LogP contribution in [-0.2, 0) is 4.79 Å². The molecule has 0 aromatic carbocycles. The summed E-state index contributed by atoms with van der Waals surface area (Å²) in [4.78, 5) is 29.7. The van der Waals surface area contributed by atoms with Gasteiger partial charge in [0.25, 0.3) is 5.91 Å². The topological polar surface area (TPSA) is 62.3 Å². The van der Waals surface area contributed by atoms with Crippen LogP contribution in [-0.4, -0.2) is 53.3 Å². The maximum absolute atomic E-state index is 12.1. The minimum absolute atomic E-state index is 0.173. The molecule has 1 fully saturated rings. The summed E-state index contributed by atoms with van der Waals surface area (Å²) >= 11 is 7.51. The van der Waals surface area contributed by atoms with Crippen LogP contribution in [0.5, 0.6) is 0 Å². The van der Waals surface area contributed by atoms with Gasteiger partial charge in [-0.3, -0.25) is 14.6 Å². The number of amides is 2. The van der Waals surface area contributed by atoms with E-state index >= 15 is 0 Å². The maximum Gasteiger partial charge on any atom is 0.252 e. The van der Waals surface area contributed by atoms with Crippen molar-refractivity contribution in [3.63, 3.8) is 0 Å². The standard InChI is InChI=1S/C15H20ClN3O2S/c1-22-10-14(20)19-6-3-11(4-7-19)8-18-15(21)12-2-5-17-9-13(12)16/h2,5,9,11H,3-4,6-8,10H2,1H3,(H,18,21). The monoisotopic (exact) mass is 341 g/mol. The van der Waals surface area contributed by atoms with E-state index in [1.54, 1.807) is 24.0 Å². The number of aromatic nitrogens is 1. The number of carbonyl (C=O) groups is 2. The van der Waals surface area contributed by atoms with Crippen LogP contribution in [0.1, 0.15) is 23.2 Å². The van der Waals surface area contributed by atoms with E-state index in [0.717, 1.165) is 25.9 Å². The smallest absolute Gasteiger partial charge is 0.252 e. The summed E-state index contributed by atoms with van der Waals surface area (Å²) in [5, 5.41) is 3.28. The van der Waals surface area contributed by atoms with Crippen molar-refractivity contribution in [2.45, 2.75) is 12.8 Å². The van der Waals surface area contributed by atoms with Crippen LogP contribution in [0.4, 0.5) is 0 Å².